The summed E-state index contributed by atoms with van der Waals surface area (Å²) in [5, 5.41) is 4.19. The van der Waals surface area contributed by atoms with E-state index in [4.69, 9.17) is 21.1 Å². The minimum Gasteiger partial charge on any atom is -0.493 e. The lowest BCUT2D eigenvalue weighted by Crippen LogP contribution is -2.31. The van der Waals surface area contributed by atoms with E-state index in [1.165, 1.54) is 6.07 Å². The molecule has 0 saturated heterocycles. The van der Waals surface area contributed by atoms with Gasteiger partial charge in [-0.1, -0.05) is 109 Å². The number of carbonyl (C=O) groups is 1. The average molecular weight is 689 g/mol. The molecule has 1 amide bonds. The van der Waals surface area contributed by atoms with Crippen LogP contribution in [-0.4, -0.2) is 36.3 Å². The van der Waals surface area contributed by atoms with Crippen molar-refractivity contribution in [2.24, 2.45) is 0 Å². The van der Waals surface area contributed by atoms with Gasteiger partial charge in [0.15, 0.2) is 0 Å². The van der Waals surface area contributed by atoms with Gasteiger partial charge in [0.25, 0.3) is 0 Å². The van der Waals surface area contributed by atoms with Crippen molar-refractivity contribution in [2.75, 3.05) is 25.0 Å². The van der Waals surface area contributed by atoms with Crippen LogP contribution in [0.3, 0.4) is 0 Å². The Hall–Kier alpha value is -4.53. The van der Waals surface area contributed by atoms with Crippen molar-refractivity contribution in [1.29, 1.82) is 0 Å². The predicted octanol–water partition coefficient (Wildman–Crippen LogP) is 11.0. The van der Waals surface area contributed by atoms with Crippen LogP contribution in [-0.2, 0) is 17.5 Å². The molecule has 0 atom stereocenters. The Morgan fingerprint density at radius 3 is 2.04 bits per heavy atom. The number of benzene rings is 5. The van der Waals surface area contributed by atoms with Crippen molar-refractivity contribution in [3.8, 4) is 5.75 Å². The quantitative estimate of drug-likeness (QED) is 0.133. The van der Waals surface area contributed by atoms with Crippen LogP contribution in [0.25, 0.3) is 10.8 Å². The van der Waals surface area contributed by atoms with Crippen molar-refractivity contribution >= 4 is 34.2 Å². The van der Waals surface area contributed by atoms with Crippen molar-refractivity contribution < 1.29 is 27.4 Å². The summed E-state index contributed by atoms with van der Waals surface area (Å²) in [6, 6.07) is 35.5. The molecule has 9 heteroatoms. The SMILES string of the molecule is CC(C)(C)OC(=O)Nc1cccc2c(OCCCN(Cc3cccc(C(F)(F)F)c3Cl)CC(c3ccccc3)c3ccccc3)cccc12. The Balaban J connectivity index is 1.35. The lowest BCUT2D eigenvalue weighted by molar-refractivity contribution is -0.137. The minimum absolute atomic E-state index is 0.0261. The van der Waals surface area contributed by atoms with Crippen LogP contribution >= 0.6 is 11.6 Å². The molecule has 0 fully saturated rings. The maximum atomic E-state index is 13.8. The van der Waals surface area contributed by atoms with Crippen molar-refractivity contribution in [3.05, 3.63) is 143 Å². The smallest absolute Gasteiger partial charge is 0.417 e. The Kier molecular flexibility index (Phi) is 11.5. The van der Waals surface area contributed by atoms with E-state index in [2.05, 4.69) is 34.5 Å². The van der Waals surface area contributed by atoms with Gasteiger partial charge in [0.05, 0.1) is 22.9 Å². The lowest BCUT2D eigenvalue weighted by Gasteiger charge is -2.29. The predicted molar refractivity (Wildman–Crippen MR) is 190 cm³/mol. The second kappa shape index (κ2) is 15.8. The summed E-state index contributed by atoms with van der Waals surface area (Å²) in [7, 11) is 0. The fourth-order valence-electron chi connectivity index (χ4n) is 5.83. The van der Waals surface area contributed by atoms with Gasteiger partial charge in [0.2, 0.25) is 0 Å². The van der Waals surface area contributed by atoms with Crippen molar-refractivity contribution in [2.45, 2.75) is 51.4 Å². The molecule has 5 aromatic carbocycles. The zero-order valence-corrected chi connectivity index (χ0v) is 28.5. The number of nitrogens with one attached hydrogen (secondary N) is 1. The second-order valence-electron chi connectivity index (χ2n) is 12.9. The zero-order chi connectivity index (χ0) is 35.0. The molecule has 0 aliphatic carbocycles. The fourth-order valence-corrected chi connectivity index (χ4v) is 6.12. The zero-order valence-electron chi connectivity index (χ0n) is 27.8. The third-order valence-corrected chi connectivity index (χ3v) is 8.46. The summed E-state index contributed by atoms with van der Waals surface area (Å²) in [4.78, 5) is 14.6. The van der Waals surface area contributed by atoms with E-state index in [1.54, 1.807) is 26.8 Å². The number of anilines is 1. The fraction of sp³-hybridized carbons (Fsp3) is 0.275. The number of fused-ring (bicyclic) bond motifs is 1. The van der Waals surface area contributed by atoms with E-state index in [1.807, 2.05) is 72.8 Å². The van der Waals surface area contributed by atoms with Crippen LogP contribution in [0.15, 0.2) is 115 Å². The molecule has 0 saturated carbocycles. The number of ether oxygens (including phenoxy) is 2. The Bertz CT molecular complexity index is 1800. The molecule has 0 aliphatic heterocycles. The van der Waals surface area contributed by atoms with E-state index < -0.39 is 23.4 Å². The number of hydrogen-bond acceptors (Lipinski definition) is 4. The lowest BCUT2D eigenvalue weighted by atomic mass is 9.90. The molecule has 0 spiro atoms. The molecule has 0 aromatic heterocycles. The molecule has 5 rings (SSSR count). The molecular formula is C40H40ClF3N2O3. The molecule has 5 aromatic rings. The Morgan fingerprint density at radius 1 is 0.796 bits per heavy atom. The monoisotopic (exact) mass is 688 g/mol. The van der Waals surface area contributed by atoms with Gasteiger partial charge < -0.3 is 9.47 Å². The summed E-state index contributed by atoms with van der Waals surface area (Å²) >= 11 is 6.38. The van der Waals surface area contributed by atoms with Gasteiger partial charge in [-0.25, -0.2) is 4.79 Å². The topological polar surface area (TPSA) is 50.8 Å². The molecular weight excluding hydrogens is 649 g/mol. The highest BCUT2D eigenvalue weighted by Crippen LogP contribution is 2.37. The molecule has 5 nitrogen and oxygen atoms in total. The van der Waals surface area contributed by atoms with Gasteiger partial charge in [-0.2, -0.15) is 13.2 Å². The maximum Gasteiger partial charge on any atom is 0.417 e. The maximum absolute atomic E-state index is 13.8. The first-order valence-electron chi connectivity index (χ1n) is 16.2. The molecule has 0 heterocycles. The third-order valence-electron chi connectivity index (χ3n) is 8.02. The number of carbonyl (C=O) groups excluding carboxylic acids is 1. The summed E-state index contributed by atoms with van der Waals surface area (Å²) < 4.78 is 53.0. The second-order valence-corrected chi connectivity index (χ2v) is 13.2. The first-order chi connectivity index (χ1) is 23.4. The Morgan fingerprint density at radius 2 is 1.41 bits per heavy atom. The number of amides is 1. The van der Waals surface area contributed by atoms with Crippen LogP contribution in [0.1, 0.15) is 55.4 Å². The van der Waals surface area contributed by atoms with E-state index in [-0.39, 0.29) is 17.5 Å². The highest BCUT2D eigenvalue weighted by Gasteiger charge is 2.34. The third kappa shape index (κ3) is 9.77. The molecule has 0 unspecified atom stereocenters. The standard InChI is InChI=1S/C40H40ClF3N2O3/c1-39(2,3)49-38(47)45-35-22-11-20-32-31(35)19-12-23-36(32)48-25-13-24-46(26-30-18-10-21-34(37(30)41)40(42,43)44)27-33(28-14-6-4-7-15-28)29-16-8-5-9-17-29/h4-12,14-23,33H,13,24-27H2,1-3H3,(H,45,47). The van der Waals surface area contributed by atoms with E-state index in [9.17, 15) is 18.0 Å². The highest BCUT2D eigenvalue weighted by molar-refractivity contribution is 6.32. The van der Waals surface area contributed by atoms with E-state index in [0.717, 1.165) is 28.0 Å². The number of nitrogens with zero attached hydrogens (tertiary/aromatic N) is 1. The van der Waals surface area contributed by atoms with Gasteiger partial charge in [0, 0.05) is 36.3 Å². The van der Waals surface area contributed by atoms with Crippen LogP contribution in [0, 0.1) is 0 Å². The summed E-state index contributed by atoms with van der Waals surface area (Å²) in [5.74, 6) is 0.631. The van der Waals surface area contributed by atoms with Crippen molar-refractivity contribution in [1.82, 2.24) is 4.90 Å². The van der Waals surface area contributed by atoms with Crippen LogP contribution in [0.4, 0.5) is 23.7 Å². The van der Waals surface area contributed by atoms with Crippen LogP contribution in [0.5, 0.6) is 5.75 Å². The normalized spacial score (nSPS) is 12.0. The molecule has 256 valence electrons. The summed E-state index contributed by atoms with van der Waals surface area (Å²) in [6.07, 6.45) is -4.50. The first kappa shape index (κ1) is 35.8. The molecule has 0 radical (unpaired) electrons. The average Bonchev–Trinajstić information content (AvgIpc) is 3.06. The van der Waals surface area contributed by atoms with Gasteiger partial charge in [-0.05, 0) is 62.1 Å². The largest absolute Gasteiger partial charge is 0.493 e. The molecule has 0 aliphatic rings. The van der Waals surface area contributed by atoms with E-state index in [0.29, 0.717) is 43.1 Å². The Labute approximate surface area is 290 Å². The highest BCUT2D eigenvalue weighted by atomic mass is 35.5. The van der Waals surface area contributed by atoms with Crippen LogP contribution in [0.2, 0.25) is 5.02 Å². The summed E-state index contributed by atoms with van der Waals surface area (Å²) in [5.41, 5.74) is 1.76. The van der Waals surface area contributed by atoms with Crippen LogP contribution < -0.4 is 10.1 Å². The molecule has 0 bridgehead atoms. The van der Waals surface area contributed by atoms with Crippen molar-refractivity contribution in [3.63, 3.8) is 0 Å². The van der Waals surface area contributed by atoms with E-state index >= 15 is 0 Å². The number of alkyl halides is 3. The number of halogens is 4. The summed E-state index contributed by atoms with van der Waals surface area (Å²) in [6.45, 7) is 7.10. The number of hydrogen-bond donors (Lipinski definition) is 1. The molecule has 1 N–H and O–H groups in total. The van der Waals surface area contributed by atoms with Gasteiger partial charge in [0.1, 0.15) is 11.4 Å². The minimum atomic E-state index is -4.55. The van der Waals surface area contributed by atoms with Gasteiger partial charge in [-0.15, -0.1) is 0 Å². The molecule has 49 heavy (non-hydrogen) atoms. The van der Waals surface area contributed by atoms with Gasteiger partial charge >= 0.3 is 12.3 Å². The first-order valence-corrected chi connectivity index (χ1v) is 16.6. The van der Waals surface area contributed by atoms with Gasteiger partial charge in [-0.3, -0.25) is 10.2 Å². The number of rotatable bonds is 12.